The number of nitrogens with zero attached hydrogens (tertiary/aromatic N) is 1. The molecular weight excluding hydrogens is 146 g/mol. The standard InChI is InChI=1S/C7H9NO3/c9-2-1-8-6(10)4-3-5(4)7(8)11/h9-11H,1-3H2. The Morgan fingerprint density at radius 3 is 2.18 bits per heavy atom. The van der Waals surface area contributed by atoms with Gasteiger partial charge in [-0.15, -0.1) is 0 Å². The third kappa shape index (κ3) is 0.728. The van der Waals surface area contributed by atoms with Crippen LogP contribution in [-0.2, 0) is 13.0 Å². The highest BCUT2D eigenvalue weighted by atomic mass is 16.3. The van der Waals surface area contributed by atoms with Crippen molar-refractivity contribution in [2.24, 2.45) is 0 Å². The molecule has 0 aliphatic heterocycles. The fourth-order valence-corrected chi connectivity index (χ4v) is 1.30. The number of aromatic hydroxyl groups is 2. The van der Waals surface area contributed by atoms with Crippen molar-refractivity contribution in [3.05, 3.63) is 11.1 Å². The quantitative estimate of drug-likeness (QED) is 0.562. The first kappa shape index (κ1) is 6.54. The highest BCUT2D eigenvalue weighted by Crippen LogP contribution is 2.45. The summed E-state index contributed by atoms with van der Waals surface area (Å²) in [4.78, 5) is 0. The van der Waals surface area contributed by atoms with Crippen LogP contribution in [0.25, 0.3) is 0 Å². The summed E-state index contributed by atoms with van der Waals surface area (Å²) in [6, 6.07) is 0. The lowest BCUT2D eigenvalue weighted by Crippen LogP contribution is -2.01. The molecule has 1 heterocycles. The van der Waals surface area contributed by atoms with Crippen LogP contribution in [0.2, 0.25) is 0 Å². The maximum Gasteiger partial charge on any atom is 0.197 e. The number of rotatable bonds is 2. The molecule has 60 valence electrons. The molecule has 2 rings (SSSR count). The smallest absolute Gasteiger partial charge is 0.197 e. The number of aromatic nitrogens is 1. The Hall–Kier alpha value is -1.16. The van der Waals surface area contributed by atoms with E-state index in [0.29, 0.717) is 6.42 Å². The summed E-state index contributed by atoms with van der Waals surface area (Å²) in [7, 11) is 0. The molecule has 0 fully saturated rings. The zero-order chi connectivity index (χ0) is 8.01. The Morgan fingerprint density at radius 2 is 1.73 bits per heavy atom. The SMILES string of the molecule is OCCn1c(O)c2c(c1O)C2. The normalized spacial score (nSPS) is 13.2. The number of hydrogen-bond acceptors (Lipinski definition) is 3. The second-order valence-corrected chi connectivity index (χ2v) is 2.66. The molecule has 0 radical (unpaired) electrons. The van der Waals surface area contributed by atoms with E-state index in [-0.39, 0.29) is 24.9 Å². The molecule has 0 bridgehead atoms. The minimum Gasteiger partial charge on any atom is -0.494 e. The van der Waals surface area contributed by atoms with Crippen molar-refractivity contribution in [3.8, 4) is 11.8 Å². The first-order valence-corrected chi connectivity index (χ1v) is 3.48. The van der Waals surface area contributed by atoms with Gasteiger partial charge in [0.15, 0.2) is 11.8 Å². The van der Waals surface area contributed by atoms with Gasteiger partial charge in [0.1, 0.15) is 0 Å². The van der Waals surface area contributed by atoms with E-state index in [1.54, 1.807) is 0 Å². The van der Waals surface area contributed by atoms with Crippen LogP contribution in [-0.4, -0.2) is 26.5 Å². The summed E-state index contributed by atoms with van der Waals surface area (Å²) in [5.41, 5.74) is 1.63. The lowest BCUT2D eigenvalue weighted by Gasteiger charge is -2.04. The van der Waals surface area contributed by atoms with Gasteiger partial charge in [-0.2, -0.15) is 0 Å². The molecular formula is C7H9NO3. The molecule has 0 saturated carbocycles. The molecule has 3 N–H and O–H groups in total. The number of fused-ring (bicyclic) bond motifs is 1. The van der Waals surface area contributed by atoms with Crippen LogP contribution in [0.3, 0.4) is 0 Å². The van der Waals surface area contributed by atoms with Gasteiger partial charge < -0.3 is 15.3 Å². The summed E-state index contributed by atoms with van der Waals surface area (Å²) in [6.45, 7) is 0.180. The van der Waals surface area contributed by atoms with Gasteiger partial charge >= 0.3 is 0 Å². The lowest BCUT2D eigenvalue weighted by molar-refractivity contribution is 0.255. The topological polar surface area (TPSA) is 65.6 Å². The van der Waals surface area contributed by atoms with Gasteiger partial charge in [-0.1, -0.05) is 0 Å². The summed E-state index contributed by atoms with van der Waals surface area (Å²) in [5, 5.41) is 27.1. The molecule has 1 aromatic rings. The molecule has 0 aromatic carbocycles. The molecule has 0 spiro atoms. The molecule has 1 aliphatic rings. The Morgan fingerprint density at radius 1 is 1.18 bits per heavy atom. The molecule has 11 heavy (non-hydrogen) atoms. The zero-order valence-electron chi connectivity index (χ0n) is 5.91. The second-order valence-electron chi connectivity index (χ2n) is 2.66. The second kappa shape index (κ2) is 1.92. The number of aliphatic hydroxyl groups excluding tert-OH is 1. The van der Waals surface area contributed by atoms with Crippen LogP contribution in [0.15, 0.2) is 0 Å². The Bertz CT molecular complexity index is 278. The maximum atomic E-state index is 9.29. The van der Waals surface area contributed by atoms with Gasteiger partial charge in [-0.05, 0) is 0 Å². The Kier molecular flexibility index (Phi) is 1.14. The van der Waals surface area contributed by atoms with Gasteiger partial charge in [-0.3, -0.25) is 4.57 Å². The van der Waals surface area contributed by atoms with Crippen molar-refractivity contribution in [2.75, 3.05) is 6.61 Å². The highest BCUT2D eigenvalue weighted by molar-refractivity contribution is 5.59. The number of hydrogen-bond donors (Lipinski definition) is 3. The van der Waals surface area contributed by atoms with Crippen molar-refractivity contribution >= 4 is 0 Å². The van der Waals surface area contributed by atoms with E-state index in [1.807, 2.05) is 0 Å². The molecule has 1 aliphatic carbocycles. The van der Waals surface area contributed by atoms with Crippen molar-refractivity contribution in [3.63, 3.8) is 0 Å². The molecule has 0 atom stereocenters. The fourth-order valence-electron chi connectivity index (χ4n) is 1.30. The summed E-state index contributed by atoms with van der Waals surface area (Å²) in [6.07, 6.45) is 0.694. The third-order valence-electron chi connectivity index (χ3n) is 1.97. The largest absolute Gasteiger partial charge is 0.494 e. The van der Waals surface area contributed by atoms with E-state index >= 15 is 0 Å². The summed E-state index contributed by atoms with van der Waals surface area (Å²) in [5.74, 6) is 0.207. The average molecular weight is 155 g/mol. The van der Waals surface area contributed by atoms with Crippen LogP contribution >= 0.6 is 0 Å². The van der Waals surface area contributed by atoms with E-state index in [0.717, 1.165) is 11.1 Å². The van der Waals surface area contributed by atoms with Crippen LogP contribution in [0.1, 0.15) is 11.1 Å². The first-order valence-electron chi connectivity index (χ1n) is 3.48. The van der Waals surface area contributed by atoms with Gasteiger partial charge in [0.25, 0.3) is 0 Å². The predicted octanol–water partition coefficient (Wildman–Crippen LogP) is -0.204. The third-order valence-corrected chi connectivity index (χ3v) is 1.97. The van der Waals surface area contributed by atoms with E-state index < -0.39 is 0 Å². The van der Waals surface area contributed by atoms with Crippen molar-refractivity contribution in [2.45, 2.75) is 13.0 Å². The minimum absolute atomic E-state index is 0.0747. The van der Waals surface area contributed by atoms with Gasteiger partial charge in [0.2, 0.25) is 0 Å². The molecule has 4 nitrogen and oxygen atoms in total. The van der Waals surface area contributed by atoms with Crippen LogP contribution in [0.5, 0.6) is 11.8 Å². The summed E-state index contributed by atoms with van der Waals surface area (Å²) < 4.78 is 1.31. The van der Waals surface area contributed by atoms with E-state index in [9.17, 15) is 10.2 Å². The Balaban J connectivity index is 2.40. The molecule has 0 unspecified atom stereocenters. The molecule has 4 heteroatoms. The average Bonchev–Trinajstić information content (AvgIpc) is 2.71. The summed E-state index contributed by atoms with van der Waals surface area (Å²) >= 11 is 0. The predicted molar refractivity (Wildman–Crippen MR) is 37.7 cm³/mol. The Labute approximate surface area is 63.3 Å². The minimum atomic E-state index is -0.0747. The number of aliphatic hydroxyl groups is 1. The van der Waals surface area contributed by atoms with E-state index in [4.69, 9.17) is 5.11 Å². The zero-order valence-corrected chi connectivity index (χ0v) is 5.91. The van der Waals surface area contributed by atoms with Crippen molar-refractivity contribution < 1.29 is 15.3 Å². The van der Waals surface area contributed by atoms with Gasteiger partial charge in [-0.25, -0.2) is 0 Å². The van der Waals surface area contributed by atoms with Gasteiger partial charge in [0, 0.05) is 17.5 Å². The first-order chi connectivity index (χ1) is 5.25. The molecule has 1 aromatic heterocycles. The van der Waals surface area contributed by atoms with Gasteiger partial charge in [0.05, 0.1) is 13.2 Å². The van der Waals surface area contributed by atoms with Crippen molar-refractivity contribution in [1.29, 1.82) is 0 Å². The van der Waals surface area contributed by atoms with Crippen LogP contribution in [0, 0.1) is 0 Å². The van der Waals surface area contributed by atoms with E-state index in [1.165, 1.54) is 4.57 Å². The van der Waals surface area contributed by atoms with Crippen LogP contribution < -0.4 is 0 Å². The maximum absolute atomic E-state index is 9.29. The lowest BCUT2D eigenvalue weighted by atomic mass is 10.5. The van der Waals surface area contributed by atoms with Crippen LogP contribution in [0.4, 0.5) is 0 Å². The fraction of sp³-hybridized carbons (Fsp3) is 0.429. The molecule has 0 saturated heterocycles. The van der Waals surface area contributed by atoms with Crippen molar-refractivity contribution in [1.82, 2.24) is 4.57 Å². The monoisotopic (exact) mass is 155 g/mol. The van der Waals surface area contributed by atoms with E-state index in [2.05, 4.69) is 0 Å². The highest BCUT2D eigenvalue weighted by Gasteiger charge is 2.32. The molecule has 0 amide bonds.